The van der Waals surface area contributed by atoms with Crippen molar-refractivity contribution in [3.05, 3.63) is 64.0 Å². The van der Waals surface area contributed by atoms with E-state index in [1.165, 1.54) is 30.3 Å². The van der Waals surface area contributed by atoms with Gasteiger partial charge in [-0.2, -0.15) is 0 Å². The normalized spacial score (nSPS) is 10.3. The maximum absolute atomic E-state index is 13.9. The zero-order valence-corrected chi connectivity index (χ0v) is 10.8. The third kappa shape index (κ3) is 3.10. The smallest absolute Gasteiger partial charge is 0.311 e. The Balaban J connectivity index is 2.29. The van der Waals surface area contributed by atoms with E-state index < -0.39 is 10.7 Å². The van der Waals surface area contributed by atoms with Gasteiger partial charge < -0.3 is 10.1 Å². The van der Waals surface area contributed by atoms with E-state index in [2.05, 4.69) is 5.32 Å². The zero-order chi connectivity index (χ0) is 14.5. The molecule has 0 saturated carbocycles. The molecule has 0 aromatic heterocycles. The lowest BCUT2D eigenvalue weighted by Gasteiger charge is -2.08. The van der Waals surface area contributed by atoms with Gasteiger partial charge in [-0.15, -0.1) is 0 Å². The molecule has 2 rings (SSSR count). The average Bonchev–Trinajstić information content (AvgIpc) is 2.42. The number of benzene rings is 2. The molecule has 0 fully saturated rings. The van der Waals surface area contributed by atoms with E-state index in [1.807, 2.05) is 0 Å². The van der Waals surface area contributed by atoms with Crippen LogP contribution in [-0.4, -0.2) is 12.0 Å². The minimum absolute atomic E-state index is 0.0118. The van der Waals surface area contributed by atoms with Crippen LogP contribution in [0.25, 0.3) is 0 Å². The molecule has 0 heterocycles. The molecule has 6 heteroatoms. The third-order valence-corrected chi connectivity index (χ3v) is 2.66. The summed E-state index contributed by atoms with van der Waals surface area (Å²) >= 11 is 0. The number of nitro benzene ring substituents is 1. The molecule has 0 radical (unpaired) electrons. The van der Waals surface area contributed by atoms with Crippen LogP contribution in [0.1, 0.15) is 5.56 Å². The van der Waals surface area contributed by atoms with Crippen LogP contribution in [0.2, 0.25) is 0 Å². The molecule has 5 nitrogen and oxygen atoms in total. The highest BCUT2D eigenvalue weighted by Gasteiger charge is 2.16. The number of nitrogens with one attached hydrogen (secondary N) is 1. The van der Waals surface area contributed by atoms with Gasteiger partial charge in [0, 0.05) is 12.6 Å². The van der Waals surface area contributed by atoms with Gasteiger partial charge in [0.15, 0.2) is 11.6 Å². The van der Waals surface area contributed by atoms with Crippen LogP contribution < -0.4 is 10.1 Å². The average molecular weight is 276 g/mol. The molecule has 2 aromatic carbocycles. The van der Waals surface area contributed by atoms with Crippen molar-refractivity contribution in [2.24, 2.45) is 0 Å². The van der Waals surface area contributed by atoms with Crippen LogP contribution in [0, 0.1) is 15.9 Å². The molecule has 0 aliphatic rings. The highest BCUT2D eigenvalue weighted by atomic mass is 19.1. The van der Waals surface area contributed by atoms with E-state index in [1.54, 1.807) is 19.2 Å². The molecular formula is C14H13FN2O3. The quantitative estimate of drug-likeness (QED) is 0.672. The molecule has 0 spiro atoms. The number of ether oxygens (including phenoxy) is 1. The molecule has 0 unspecified atom stereocenters. The zero-order valence-electron chi connectivity index (χ0n) is 10.8. The fourth-order valence-corrected chi connectivity index (χ4v) is 1.75. The summed E-state index contributed by atoms with van der Waals surface area (Å²) in [5.41, 5.74) is 0.561. The lowest BCUT2D eigenvalue weighted by atomic mass is 10.2. The summed E-state index contributed by atoms with van der Waals surface area (Å²) in [4.78, 5) is 10.3. The third-order valence-electron chi connectivity index (χ3n) is 2.66. The van der Waals surface area contributed by atoms with Gasteiger partial charge in [-0.05, 0) is 30.8 Å². The Labute approximate surface area is 115 Å². The summed E-state index contributed by atoms with van der Waals surface area (Å²) in [6.07, 6.45) is 0. The summed E-state index contributed by atoms with van der Waals surface area (Å²) in [6, 6.07) is 10.3. The minimum Gasteiger partial charge on any atom is -0.447 e. The number of para-hydroxylation sites is 2. The van der Waals surface area contributed by atoms with Gasteiger partial charge in [0.05, 0.1) is 4.92 Å². The Kier molecular flexibility index (Phi) is 4.27. The number of nitrogens with zero attached hydrogens (tertiary/aromatic N) is 1. The molecule has 1 N–H and O–H groups in total. The molecule has 0 saturated heterocycles. The van der Waals surface area contributed by atoms with E-state index in [9.17, 15) is 14.5 Å². The topological polar surface area (TPSA) is 64.4 Å². The Morgan fingerprint density at radius 2 is 2.00 bits per heavy atom. The van der Waals surface area contributed by atoms with Crippen LogP contribution >= 0.6 is 0 Å². The highest BCUT2D eigenvalue weighted by molar-refractivity contribution is 5.48. The van der Waals surface area contributed by atoms with Crippen LogP contribution in [0.15, 0.2) is 42.5 Å². The van der Waals surface area contributed by atoms with Crippen molar-refractivity contribution in [3.8, 4) is 11.5 Å². The molecule has 20 heavy (non-hydrogen) atoms. The molecule has 0 bridgehead atoms. The van der Waals surface area contributed by atoms with Gasteiger partial charge in [-0.1, -0.05) is 18.2 Å². The lowest BCUT2D eigenvalue weighted by Crippen LogP contribution is -2.05. The first-order valence-electron chi connectivity index (χ1n) is 5.96. The van der Waals surface area contributed by atoms with Gasteiger partial charge in [-0.3, -0.25) is 10.1 Å². The fraction of sp³-hybridized carbons (Fsp3) is 0.143. The Bertz CT molecular complexity index is 632. The maximum Gasteiger partial charge on any atom is 0.311 e. The highest BCUT2D eigenvalue weighted by Crippen LogP contribution is 2.32. The lowest BCUT2D eigenvalue weighted by molar-refractivity contribution is -0.385. The van der Waals surface area contributed by atoms with Crippen LogP contribution in [0.4, 0.5) is 10.1 Å². The monoisotopic (exact) mass is 276 g/mol. The van der Waals surface area contributed by atoms with E-state index in [-0.39, 0.29) is 17.2 Å². The Morgan fingerprint density at radius 3 is 2.65 bits per heavy atom. The number of hydrogen-bond donors (Lipinski definition) is 1. The molecule has 2 aromatic rings. The van der Waals surface area contributed by atoms with Crippen molar-refractivity contribution in [1.29, 1.82) is 0 Å². The summed E-state index contributed by atoms with van der Waals surface area (Å²) in [5.74, 6) is -0.590. The number of hydrogen-bond acceptors (Lipinski definition) is 4. The second kappa shape index (κ2) is 6.12. The molecule has 0 amide bonds. The van der Waals surface area contributed by atoms with Gasteiger partial charge in [0.25, 0.3) is 0 Å². The first-order valence-corrected chi connectivity index (χ1v) is 5.96. The van der Waals surface area contributed by atoms with E-state index in [0.29, 0.717) is 6.54 Å². The standard InChI is InChI=1S/C14H13FN2O3/c1-16-9-10-6-7-13(11(15)8-10)20-14-5-3-2-4-12(14)17(18)19/h2-8,16H,9H2,1H3. The van der Waals surface area contributed by atoms with Crippen molar-refractivity contribution >= 4 is 5.69 Å². The van der Waals surface area contributed by atoms with Gasteiger partial charge in [0.1, 0.15) is 0 Å². The minimum atomic E-state index is -0.567. The van der Waals surface area contributed by atoms with Crippen molar-refractivity contribution in [2.45, 2.75) is 6.54 Å². The van der Waals surface area contributed by atoms with E-state index in [4.69, 9.17) is 4.74 Å². The SMILES string of the molecule is CNCc1ccc(Oc2ccccc2[N+](=O)[O-])c(F)c1. The maximum atomic E-state index is 13.9. The summed E-state index contributed by atoms with van der Waals surface area (Å²) in [6.45, 7) is 0.530. The molecular weight excluding hydrogens is 263 g/mol. The molecule has 0 aliphatic carbocycles. The largest absolute Gasteiger partial charge is 0.447 e. The van der Waals surface area contributed by atoms with Crippen LogP contribution in [0.5, 0.6) is 11.5 Å². The Hall–Kier alpha value is -2.47. The van der Waals surface area contributed by atoms with E-state index >= 15 is 0 Å². The summed E-state index contributed by atoms with van der Waals surface area (Å²) in [5, 5.41) is 13.8. The van der Waals surface area contributed by atoms with E-state index in [0.717, 1.165) is 5.56 Å². The fourth-order valence-electron chi connectivity index (χ4n) is 1.75. The molecule has 0 aliphatic heterocycles. The van der Waals surface area contributed by atoms with Gasteiger partial charge in [0.2, 0.25) is 5.75 Å². The van der Waals surface area contributed by atoms with Crippen LogP contribution in [0.3, 0.4) is 0 Å². The summed E-state index contributed by atoms with van der Waals surface area (Å²) in [7, 11) is 1.76. The number of nitro groups is 1. The number of rotatable bonds is 5. The van der Waals surface area contributed by atoms with Crippen molar-refractivity contribution in [3.63, 3.8) is 0 Å². The Morgan fingerprint density at radius 1 is 1.25 bits per heavy atom. The second-order valence-corrected chi connectivity index (χ2v) is 4.12. The van der Waals surface area contributed by atoms with Crippen molar-refractivity contribution < 1.29 is 14.1 Å². The van der Waals surface area contributed by atoms with Crippen molar-refractivity contribution in [2.75, 3.05) is 7.05 Å². The van der Waals surface area contributed by atoms with Crippen molar-refractivity contribution in [1.82, 2.24) is 5.32 Å². The first-order chi connectivity index (χ1) is 9.61. The van der Waals surface area contributed by atoms with Gasteiger partial charge >= 0.3 is 5.69 Å². The van der Waals surface area contributed by atoms with Gasteiger partial charge in [-0.25, -0.2) is 4.39 Å². The summed E-state index contributed by atoms with van der Waals surface area (Å²) < 4.78 is 19.2. The second-order valence-electron chi connectivity index (χ2n) is 4.12. The molecule has 0 atom stereocenters. The van der Waals surface area contributed by atoms with Crippen LogP contribution in [-0.2, 0) is 6.54 Å². The number of halogens is 1. The predicted octanol–water partition coefficient (Wildman–Crippen LogP) is 3.25. The molecule has 104 valence electrons. The first kappa shape index (κ1) is 14.0. The predicted molar refractivity (Wildman–Crippen MR) is 72.3 cm³/mol.